The maximum atomic E-state index is 13.4. The van der Waals surface area contributed by atoms with Gasteiger partial charge in [0.15, 0.2) is 0 Å². The van der Waals surface area contributed by atoms with E-state index in [4.69, 9.17) is 21.5 Å². The highest BCUT2D eigenvalue weighted by Gasteiger charge is 2.05. The van der Waals surface area contributed by atoms with E-state index in [2.05, 4.69) is 5.16 Å². The summed E-state index contributed by atoms with van der Waals surface area (Å²) >= 11 is 6.01. The highest BCUT2D eigenvalue weighted by Crippen LogP contribution is 2.26. The number of hydrogen-bond donors (Lipinski definition) is 1. The van der Waals surface area contributed by atoms with Gasteiger partial charge in [0.05, 0.1) is 11.2 Å². The number of hydrogen-bond acceptors (Lipinski definition) is 3. The van der Waals surface area contributed by atoms with Crippen molar-refractivity contribution in [1.29, 1.82) is 0 Å². The lowest BCUT2D eigenvalue weighted by Crippen LogP contribution is -1.99. The van der Waals surface area contributed by atoms with Crippen LogP contribution in [0.1, 0.15) is 11.1 Å². The Balaban J connectivity index is 2.10. The molecule has 5 heteroatoms. The number of benzene rings is 2. The van der Waals surface area contributed by atoms with Gasteiger partial charge >= 0.3 is 0 Å². The van der Waals surface area contributed by atoms with E-state index in [0.717, 1.165) is 0 Å². The number of ether oxygens (including phenoxy) is 1. The Kier molecular flexibility index (Phi) is 4.36. The molecule has 0 amide bonds. The Hall–Kier alpha value is -2.07. The Labute approximate surface area is 114 Å². The normalized spacial score (nSPS) is 10.8. The molecule has 1 N–H and O–H groups in total. The molecule has 2 aromatic carbocycles. The van der Waals surface area contributed by atoms with E-state index in [0.29, 0.717) is 21.9 Å². The second kappa shape index (κ2) is 6.20. The van der Waals surface area contributed by atoms with Crippen molar-refractivity contribution in [3.05, 3.63) is 64.4 Å². The van der Waals surface area contributed by atoms with Crippen molar-refractivity contribution in [3.63, 3.8) is 0 Å². The standard InChI is InChI=1S/C14H11ClFNO2/c15-12-7-10(8-17-18)5-6-14(12)19-9-11-3-1-2-4-13(11)16/h1-8,18H,9H2/b17-8+. The van der Waals surface area contributed by atoms with Crippen molar-refractivity contribution >= 4 is 17.8 Å². The van der Waals surface area contributed by atoms with E-state index in [-0.39, 0.29) is 12.4 Å². The monoisotopic (exact) mass is 279 g/mol. The third kappa shape index (κ3) is 3.45. The summed E-state index contributed by atoms with van der Waals surface area (Å²) in [7, 11) is 0. The Morgan fingerprint density at radius 1 is 1.26 bits per heavy atom. The molecule has 0 fully saturated rings. The molecule has 0 saturated heterocycles. The van der Waals surface area contributed by atoms with Gasteiger partial charge in [-0.1, -0.05) is 35.0 Å². The largest absolute Gasteiger partial charge is 0.487 e. The first-order valence-electron chi connectivity index (χ1n) is 5.54. The zero-order chi connectivity index (χ0) is 13.7. The Morgan fingerprint density at radius 3 is 2.74 bits per heavy atom. The van der Waals surface area contributed by atoms with E-state index >= 15 is 0 Å². The zero-order valence-corrected chi connectivity index (χ0v) is 10.6. The highest BCUT2D eigenvalue weighted by molar-refractivity contribution is 6.32. The molecule has 2 rings (SSSR count). The fourth-order valence-corrected chi connectivity index (χ4v) is 1.80. The first-order chi connectivity index (χ1) is 9.20. The summed E-state index contributed by atoms with van der Waals surface area (Å²) in [5.41, 5.74) is 1.10. The van der Waals surface area contributed by atoms with Gasteiger partial charge in [0.1, 0.15) is 18.2 Å². The molecule has 3 nitrogen and oxygen atoms in total. The van der Waals surface area contributed by atoms with Crippen molar-refractivity contribution in [2.45, 2.75) is 6.61 Å². The molecule has 0 bridgehead atoms. The molecule has 0 unspecified atom stereocenters. The average molecular weight is 280 g/mol. The molecule has 0 aliphatic heterocycles. The number of rotatable bonds is 4. The molecule has 19 heavy (non-hydrogen) atoms. The van der Waals surface area contributed by atoms with Crippen LogP contribution < -0.4 is 4.74 Å². The molecule has 0 saturated carbocycles. The Morgan fingerprint density at radius 2 is 2.05 bits per heavy atom. The second-order valence-corrected chi connectivity index (χ2v) is 4.22. The summed E-state index contributed by atoms with van der Waals surface area (Å²) in [5, 5.41) is 11.7. The fourth-order valence-electron chi connectivity index (χ4n) is 1.55. The second-order valence-electron chi connectivity index (χ2n) is 3.81. The van der Waals surface area contributed by atoms with Gasteiger partial charge < -0.3 is 9.94 Å². The zero-order valence-electron chi connectivity index (χ0n) is 9.88. The van der Waals surface area contributed by atoms with Gasteiger partial charge in [-0.25, -0.2) is 4.39 Å². The summed E-state index contributed by atoms with van der Waals surface area (Å²) in [6, 6.07) is 11.3. The molecular weight excluding hydrogens is 269 g/mol. The smallest absolute Gasteiger partial charge is 0.138 e. The minimum Gasteiger partial charge on any atom is -0.487 e. The quantitative estimate of drug-likeness (QED) is 0.524. The third-order valence-electron chi connectivity index (χ3n) is 2.50. The first-order valence-corrected chi connectivity index (χ1v) is 5.91. The van der Waals surface area contributed by atoms with Crippen molar-refractivity contribution < 1.29 is 14.3 Å². The highest BCUT2D eigenvalue weighted by atomic mass is 35.5. The summed E-state index contributed by atoms with van der Waals surface area (Å²) in [5.74, 6) is 0.127. The van der Waals surface area contributed by atoms with Gasteiger partial charge in [0.25, 0.3) is 0 Å². The molecular formula is C14H11ClFNO2. The maximum absolute atomic E-state index is 13.4. The average Bonchev–Trinajstić information content (AvgIpc) is 2.40. The van der Waals surface area contributed by atoms with Gasteiger partial charge in [-0.05, 0) is 29.8 Å². The fraction of sp³-hybridized carbons (Fsp3) is 0.0714. The van der Waals surface area contributed by atoms with Crippen LogP contribution in [0.3, 0.4) is 0 Å². The van der Waals surface area contributed by atoms with E-state index < -0.39 is 0 Å². The van der Waals surface area contributed by atoms with E-state index in [1.165, 1.54) is 12.3 Å². The number of oxime groups is 1. The van der Waals surface area contributed by atoms with Crippen LogP contribution in [-0.4, -0.2) is 11.4 Å². The van der Waals surface area contributed by atoms with E-state index in [9.17, 15) is 4.39 Å². The SMILES string of the molecule is O/N=C/c1ccc(OCc2ccccc2F)c(Cl)c1. The molecule has 0 radical (unpaired) electrons. The minimum absolute atomic E-state index is 0.0971. The van der Waals surface area contributed by atoms with Gasteiger partial charge in [-0.3, -0.25) is 0 Å². The van der Waals surface area contributed by atoms with Crippen LogP contribution in [-0.2, 0) is 6.61 Å². The Bertz CT molecular complexity index is 602. The molecule has 98 valence electrons. The van der Waals surface area contributed by atoms with E-state index in [1.54, 1.807) is 36.4 Å². The molecule has 0 heterocycles. The summed E-state index contributed by atoms with van der Waals surface area (Å²) in [4.78, 5) is 0. The topological polar surface area (TPSA) is 41.8 Å². The van der Waals surface area contributed by atoms with Gasteiger partial charge in [0.2, 0.25) is 0 Å². The lowest BCUT2D eigenvalue weighted by molar-refractivity contribution is 0.300. The molecule has 0 atom stereocenters. The summed E-state index contributed by atoms with van der Waals surface area (Å²) in [6.07, 6.45) is 1.26. The van der Waals surface area contributed by atoms with Crippen molar-refractivity contribution in [3.8, 4) is 5.75 Å². The lowest BCUT2D eigenvalue weighted by atomic mass is 10.2. The minimum atomic E-state index is -0.317. The van der Waals surface area contributed by atoms with Gasteiger partial charge in [0, 0.05) is 5.56 Å². The van der Waals surface area contributed by atoms with Gasteiger partial charge in [-0.15, -0.1) is 0 Å². The molecule has 0 aliphatic carbocycles. The predicted molar refractivity (Wildman–Crippen MR) is 71.6 cm³/mol. The van der Waals surface area contributed by atoms with E-state index in [1.807, 2.05) is 0 Å². The van der Waals surface area contributed by atoms with Crippen LogP contribution in [0.25, 0.3) is 0 Å². The molecule has 0 aliphatic rings. The van der Waals surface area contributed by atoms with Crippen LogP contribution in [0.15, 0.2) is 47.6 Å². The van der Waals surface area contributed by atoms with Gasteiger partial charge in [-0.2, -0.15) is 0 Å². The maximum Gasteiger partial charge on any atom is 0.138 e. The predicted octanol–water partition coefficient (Wildman–Crippen LogP) is 3.87. The van der Waals surface area contributed by atoms with Crippen molar-refractivity contribution in [2.75, 3.05) is 0 Å². The van der Waals surface area contributed by atoms with Crippen molar-refractivity contribution in [2.24, 2.45) is 5.16 Å². The molecule has 0 spiro atoms. The van der Waals surface area contributed by atoms with Crippen LogP contribution >= 0.6 is 11.6 Å². The van der Waals surface area contributed by atoms with Crippen LogP contribution in [0.2, 0.25) is 5.02 Å². The van der Waals surface area contributed by atoms with Crippen LogP contribution in [0.5, 0.6) is 5.75 Å². The number of halogens is 2. The summed E-state index contributed by atoms with van der Waals surface area (Å²) < 4.78 is 18.9. The summed E-state index contributed by atoms with van der Waals surface area (Å²) in [6.45, 7) is 0.0971. The lowest BCUT2D eigenvalue weighted by Gasteiger charge is -2.09. The third-order valence-corrected chi connectivity index (χ3v) is 2.80. The first kappa shape index (κ1) is 13.4. The van der Waals surface area contributed by atoms with Crippen LogP contribution in [0.4, 0.5) is 4.39 Å². The molecule has 2 aromatic rings. The van der Waals surface area contributed by atoms with Crippen molar-refractivity contribution in [1.82, 2.24) is 0 Å². The van der Waals surface area contributed by atoms with Crippen LogP contribution in [0, 0.1) is 5.82 Å². The molecule has 0 aromatic heterocycles. The number of nitrogens with zero attached hydrogens (tertiary/aromatic N) is 1.